The molecule has 0 radical (unpaired) electrons. The molecule has 0 aliphatic rings. The highest BCUT2D eigenvalue weighted by atomic mass is 35.5. The normalized spacial score (nSPS) is 10.5. The number of rotatable bonds is 6. The molecular weight excluding hydrogens is 186 g/mol. The molecule has 0 aliphatic carbocycles. The monoisotopic (exact) mass is 205 g/mol. The fourth-order valence-electron chi connectivity index (χ4n) is 1.21. The summed E-state index contributed by atoms with van der Waals surface area (Å²) in [7, 11) is 1.86. The Hall–Kier alpha value is -0.240. The lowest BCUT2D eigenvalue weighted by Crippen LogP contribution is -2.29. The Labute approximate surface area is 86.2 Å². The second-order valence-electron chi connectivity index (χ2n) is 3.81. The molecule has 13 heavy (non-hydrogen) atoms. The van der Waals surface area contributed by atoms with E-state index in [1.54, 1.807) is 4.90 Å². The third-order valence-electron chi connectivity index (χ3n) is 1.84. The molecule has 0 spiro atoms. The maximum atomic E-state index is 11.4. The van der Waals surface area contributed by atoms with E-state index in [-0.39, 0.29) is 5.91 Å². The number of amides is 1. The van der Waals surface area contributed by atoms with E-state index in [4.69, 9.17) is 11.6 Å². The molecule has 78 valence electrons. The molecule has 0 saturated carbocycles. The van der Waals surface area contributed by atoms with Crippen LogP contribution in [0, 0.1) is 5.92 Å². The van der Waals surface area contributed by atoms with Crippen LogP contribution in [0.5, 0.6) is 0 Å². The summed E-state index contributed by atoms with van der Waals surface area (Å²) in [4.78, 5) is 13.2. The predicted octanol–water partition coefficient (Wildman–Crippen LogP) is 2.51. The first-order valence-corrected chi connectivity index (χ1v) is 5.41. The van der Waals surface area contributed by atoms with Crippen LogP contribution in [0.2, 0.25) is 0 Å². The third-order valence-corrected chi connectivity index (χ3v) is 2.11. The van der Waals surface area contributed by atoms with E-state index in [2.05, 4.69) is 13.8 Å². The molecule has 2 nitrogen and oxygen atoms in total. The molecule has 0 heterocycles. The smallest absolute Gasteiger partial charge is 0.222 e. The first kappa shape index (κ1) is 12.8. The summed E-state index contributed by atoms with van der Waals surface area (Å²) in [5, 5.41) is 0. The summed E-state index contributed by atoms with van der Waals surface area (Å²) < 4.78 is 0. The number of alkyl halides is 1. The van der Waals surface area contributed by atoms with Gasteiger partial charge in [-0.25, -0.2) is 0 Å². The molecule has 0 fully saturated rings. The SMILES string of the molecule is CC(C)CN(C)C(=O)CCCCCl. The Balaban J connectivity index is 3.57. The van der Waals surface area contributed by atoms with Crippen molar-refractivity contribution in [1.82, 2.24) is 4.90 Å². The van der Waals surface area contributed by atoms with Gasteiger partial charge in [-0.15, -0.1) is 11.6 Å². The highest BCUT2D eigenvalue weighted by Gasteiger charge is 2.08. The lowest BCUT2D eigenvalue weighted by molar-refractivity contribution is -0.130. The highest BCUT2D eigenvalue weighted by molar-refractivity contribution is 6.17. The van der Waals surface area contributed by atoms with E-state index in [1.165, 1.54) is 0 Å². The van der Waals surface area contributed by atoms with Crippen LogP contribution in [0.1, 0.15) is 33.1 Å². The fourth-order valence-corrected chi connectivity index (χ4v) is 1.40. The van der Waals surface area contributed by atoms with Crippen LogP contribution >= 0.6 is 11.6 Å². The van der Waals surface area contributed by atoms with Gasteiger partial charge in [0.05, 0.1) is 0 Å². The number of hydrogen-bond donors (Lipinski definition) is 0. The number of hydrogen-bond acceptors (Lipinski definition) is 1. The van der Waals surface area contributed by atoms with Gasteiger partial charge in [-0.1, -0.05) is 13.8 Å². The van der Waals surface area contributed by atoms with E-state index < -0.39 is 0 Å². The van der Waals surface area contributed by atoms with Crippen LogP contribution in [0.25, 0.3) is 0 Å². The third kappa shape index (κ3) is 6.88. The van der Waals surface area contributed by atoms with Crippen LogP contribution in [-0.2, 0) is 4.79 Å². The maximum Gasteiger partial charge on any atom is 0.222 e. The first-order valence-electron chi connectivity index (χ1n) is 4.87. The number of unbranched alkanes of at least 4 members (excludes halogenated alkanes) is 1. The average molecular weight is 206 g/mol. The zero-order valence-corrected chi connectivity index (χ0v) is 9.60. The summed E-state index contributed by atoms with van der Waals surface area (Å²) in [5.41, 5.74) is 0. The summed E-state index contributed by atoms with van der Waals surface area (Å²) in [5.74, 6) is 1.43. The summed E-state index contributed by atoms with van der Waals surface area (Å²) in [6, 6.07) is 0. The van der Waals surface area contributed by atoms with Gasteiger partial charge in [-0.3, -0.25) is 4.79 Å². The number of carbonyl (C=O) groups excluding carboxylic acids is 1. The molecular formula is C10H20ClNO. The molecule has 0 aromatic carbocycles. The Bertz CT molecular complexity index is 148. The largest absolute Gasteiger partial charge is 0.346 e. The van der Waals surface area contributed by atoms with E-state index in [0.29, 0.717) is 18.2 Å². The van der Waals surface area contributed by atoms with Gasteiger partial charge in [0.1, 0.15) is 0 Å². The Kier molecular flexibility index (Phi) is 7.06. The minimum absolute atomic E-state index is 0.235. The number of carbonyl (C=O) groups is 1. The fraction of sp³-hybridized carbons (Fsp3) is 0.900. The molecule has 0 unspecified atom stereocenters. The van der Waals surface area contributed by atoms with Crippen molar-refractivity contribution < 1.29 is 4.79 Å². The molecule has 0 aromatic heterocycles. The van der Waals surface area contributed by atoms with Crippen molar-refractivity contribution in [3.8, 4) is 0 Å². The summed E-state index contributed by atoms with van der Waals surface area (Å²) in [6.45, 7) is 5.07. The molecule has 1 amide bonds. The molecule has 0 aliphatic heterocycles. The minimum atomic E-state index is 0.235. The van der Waals surface area contributed by atoms with Crippen molar-refractivity contribution in [1.29, 1.82) is 0 Å². The molecule has 0 bridgehead atoms. The number of halogens is 1. The zero-order chi connectivity index (χ0) is 10.3. The maximum absolute atomic E-state index is 11.4. The van der Waals surface area contributed by atoms with E-state index in [9.17, 15) is 4.79 Å². The molecule has 0 rings (SSSR count). The lowest BCUT2D eigenvalue weighted by atomic mass is 10.2. The highest BCUT2D eigenvalue weighted by Crippen LogP contribution is 2.03. The van der Waals surface area contributed by atoms with Crippen molar-refractivity contribution in [3.63, 3.8) is 0 Å². The predicted molar refractivity (Wildman–Crippen MR) is 57.0 cm³/mol. The van der Waals surface area contributed by atoms with Crippen LogP contribution < -0.4 is 0 Å². The Morgan fingerprint density at radius 1 is 1.38 bits per heavy atom. The van der Waals surface area contributed by atoms with Gasteiger partial charge >= 0.3 is 0 Å². The molecule has 0 atom stereocenters. The Morgan fingerprint density at radius 2 is 2.00 bits per heavy atom. The topological polar surface area (TPSA) is 20.3 Å². The van der Waals surface area contributed by atoms with Gasteiger partial charge in [-0.2, -0.15) is 0 Å². The van der Waals surface area contributed by atoms with E-state index in [1.807, 2.05) is 7.05 Å². The molecule has 0 aromatic rings. The van der Waals surface area contributed by atoms with Crippen molar-refractivity contribution in [2.45, 2.75) is 33.1 Å². The van der Waals surface area contributed by atoms with Crippen molar-refractivity contribution in [3.05, 3.63) is 0 Å². The van der Waals surface area contributed by atoms with Gasteiger partial charge < -0.3 is 4.90 Å². The van der Waals surface area contributed by atoms with Gasteiger partial charge in [0.2, 0.25) is 5.91 Å². The van der Waals surface area contributed by atoms with Crippen LogP contribution in [0.4, 0.5) is 0 Å². The molecule has 0 saturated heterocycles. The van der Waals surface area contributed by atoms with E-state index >= 15 is 0 Å². The first-order chi connectivity index (χ1) is 6.07. The van der Waals surface area contributed by atoms with Crippen molar-refractivity contribution >= 4 is 17.5 Å². The molecule has 0 N–H and O–H groups in total. The Morgan fingerprint density at radius 3 is 2.46 bits per heavy atom. The average Bonchev–Trinajstić information content (AvgIpc) is 2.03. The van der Waals surface area contributed by atoms with Crippen LogP contribution in [0.15, 0.2) is 0 Å². The summed E-state index contributed by atoms with van der Waals surface area (Å²) >= 11 is 5.52. The van der Waals surface area contributed by atoms with Gasteiger partial charge in [0.25, 0.3) is 0 Å². The quantitative estimate of drug-likeness (QED) is 0.482. The zero-order valence-electron chi connectivity index (χ0n) is 8.85. The standard InChI is InChI=1S/C10H20ClNO/c1-9(2)8-12(3)10(13)6-4-5-7-11/h9H,4-8H2,1-3H3. The number of nitrogens with zero attached hydrogens (tertiary/aromatic N) is 1. The van der Waals surface area contributed by atoms with Gasteiger partial charge in [-0.05, 0) is 18.8 Å². The second kappa shape index (κ2) is 7.19. The van der Waals surface area contributed by atoms with E-state index in [0.717, 1.165) is 19.4 Å². The van der Waals surface area contributed by atoms with Crippen LogP contribution in [-0.4, -0.2) is 30.3 Å². The minimum Gasteiger partial charge on any atom is -0.346 e. The summed E-state index contributed by atoms with van der Waals surface area (Å²) in [6.07, 6.45) is 2.48. The van der Waals surface area contributed by atoms with Gasteiger partial charge in [0, 0.05) is 25.9 Å². The van der Waals surface area contributed by atoms with Crippen LogP contribution in [0.3, 0.4) is 0 Å². The van der Waals surface area contributed by atoms with Gasteiger partial charge in [0.15, 0.2) is 0 Å². The lowest BCUT2D eigenvalue weighted by Gasteiger charge is -2.19. The second-order valence-corrected chi connectivity index (χ2v) is 4.19. The molecule has 3 heteroatoms. The van der Waals surface area contributed by atoms with Crippen molar-refractivity contribution in [2.24, 2.45) is 5.92 Å². The van der Waals surface area contributed by atoms with Crippen molar-refractivity contribution in [2.75, 3.05) is 19.5 Å².